The van der Waals surface area contributed by atoms with Crippen molar-refractivity contribution in [2.45, 2.75) is 0 Å². The lowest BCUT2D eigenvalue weighted by atomic mass is 10.2. The van der Waals surface area contributed by atoms with Crippen LogP contribution in [0.1, 0.15) is 5.56 Å². The highest BCUT2D eigenvalue weighted by Gasteiger charge is 2.15. The molecule has 3 aromatic rings. The van der Waals surface area contributed by atoms with Crippen LogP contribution in [0.25, 0.3) is 0 Å². The van der Waals surface area contributed by atoms with Crippen molar-refractivity contribution >= 4 is 35.3 Å². The lowest BCUT2D eigenvalue weighted by molar-refractivity contribution is -0.136. The second-order valence-corrected chi connectivity index (χ2v) is 7.35. The first-order valence-corrected chi connectivity index (χ1v) is 10.9. The second-order valence-electron chi connectivity index (χ2n) is 7.35. The number of nitrogens with one attached hydrogen (secondary N) is 3. The van der Waals surface area contributed by atoms with Gasteiger partial charge in [0, 0.05) is 11.8 Å². The van der Waals surface area contributed by atoms with Gasteiger partial charge in [-0.15, -0.1) is 0 Å². The Balaban J connectivity index is 1.44. The third-order valence-electron chi connectivity index (χ3n) is 4.87. The van der Waals surface area contributed by atoms with Gasteiger partial charge in [-0.3, -0.25) is 14.4 Å². The first-order chi connectivity index (χ1) is 17.9. The Morgan fingerprint density at radius 1 is 0.757 bits per heavy atom. The molecular weight excluding hydrogens is 480 g/mol. The third kappa shape index (κ3) is 7.99. The van der Waals surface area contributed by atoms with Crippen LogP contribution in [0.2, 0.25) is 0 Å². The molecule has 0 aliphatic rings. The van der Waals surface area contributed by atoms with E-state index >= 15 is 0 Å². The molecule has 37 heavy (non-hydrogen) atoms. The number of carbonyl (C=O) groups is 3. The molecule has 0 aliphatic heterocycles. The quantitative estimate of drug-likeness (QED) is 0.218. The number of ether oxygens (including phenoxy) is 4. The van der Waals surface area contributed by atoms with Crippen molar-refractivity contribution in [2.24, 2.45) is 5.10 Å². The van der Waals surface area contributed by atoms with Gasteiger partial charge in [0.1, 0.15) is 23.0 Å². The van der Waals surface area contributed by atoms with E-state index in [0.717, 1.165) is 0 Å². The number of nitrogens with zero attached hydrogens (tertiary/aromatic N) is 1. The molecule has 0 bridgehead atoms. The first kappa shape index (κ1) is 26.5. The number of hydrogen-bond acceptors (Lipinski definition) is 8. The van der Waals surface area contributed by atoms with E-state index < -0.39 is 11.8 Å². The predicted octanol–water partition coefficient (Wildman–Crippen LogP) is 2.82. The van der Waals surface area contributed by atoms with Crippen molar-refractivity contribution in [1.82, 2.24) is 5.43 Å². The van der Waals surface area contributed by atoms with Gasteiger partial charge in [0.2, 0.25) is 0 Å². The maximum atomic E-state index is 12.2. The summed E-state index contributed by atoms with van der Waals surface area (Å²) in [7, 11) is 4.50. The minimum atomic E-state index is -0.961. The summed E-state index contributed by atoms with van der Waals surface area (Å²) in [6.07, 6.45) is 1.36. The van der Waals surface area contributed by atoms with Crippen LogP contribution in [0.3, 0.4) is 0 Å². The average molecular weight is 507 g/mol. The minimum absolute atomic E-state index is 0.177. The number of hydrogen-bond donors (Lipinski definition) is 3. The number of rotatable bonds is 10. The maximum absolute atomic E-state index is 12.2. The highest BCUT2D eigenvalue weighted by atomic mass is 16.5. The normalized spacial score (nSPS) is 10.4. The number of amides is 3. The van der Waals surface area contributed by atoms with Crippen LogP contribution in [0.15, 0.2) is 71.8 Å². The SMILES string of the molecule is COc1ccc(NC(=O)COc2ccc(/C=N\NC(=O)C(=O)Nc3ccc(OC)cc3OC)cc2)cc1. The molecule has 0 heterocycles. The van der Waals surface area contributed by atoms with Gasteiger partial charge in [0.25, 0.3) is 5.91 Å². The zero-order chi connectivity index (χ0) is 26.6. The molecular formula is C26H26N4O7. The van der Waals surface area contributed by atoms with Gasteiger partial charge in [-0.25, -0.2) is 5.43 Å². The Bertz CT molecular complexity index is 1260. The highest BCUT2D eigenvalue weighted by Crippen LogP contribution is 2.28. The minimum Gasteiger partial charge on any atom is -0.497 e. The monoisotopic (exact) mass is 506 g/mol. The summed E-state index contributed by atoms with van der Waals surface area (Å²) in [5.41, 5.74) is 3.72. The van der Waals surface area contributed by atoms with Gasteiger partial charge in [0.15, 0.2) is 6.61 Å². The summed E-state index contributed by atoms with van der Waals surface area (Å²) in [4.78, 5) is 36.3. The van der Waals surface area contributed by atoms with E-state index in [9.17, 15) is 14.4 Å². The summed E-state index contributed by atoms with van der Waals surface area (Å²) in [6.45, 7) is -0.177. The molecule has 0 saturated carbocycles. The largest absolute Gasteiger partial charge is 0.497 e. The van der Waals surface area contributed by atoms with Crippen LogP contribution in [0, 0.1) is 0 Å². The van der Waals surface area contributed by atoms with Crippen molar-refractivity contribution < 1.29 is 33.3 Å². The van der Waals surface area contributed by atoms with Gasteiger partial charge >= 0.3 is 11.8 Å². The van der Waals surface area contributed by atoms with Crippen molar-refractivity contribution in [3.8, 4) is 23.0 Å². The molecule has 192 valence electrons. The smallest absolute Gasteiger partial charge is 0.329 e. The van der Waals surface area contributed by atoms with Crippen LogP contribution in [0.5, 0.6) is 23.0 Å². The number of hydrazone groups is 1. The van der Waals surface area contributed by atoms with Crippen LogP contribution in [-0.4, -0.2) is 51.9 Å². The molecule has 0 radical (unpaired) electrons. The Hall–Kier alpha value is -5.06. The zero-order valence-electron chi connectivity index (χ0n) is 20.4. The van der Waals surface area contributed by atoms with Crippen LogP contribution < -0.4 is 35.0 Å². The van der Waals surface area contributed by atoms with Crippen molar-refractivity contribution in [2.75, 3.05) is 38.6 Å². The topological polar surface area (TPSA) is 137 Å². The first-order valence-electron chi connectivity index (χ1n) is 10.9. The highest BCUT2D eigenvalue weighted by molar-refractivity contribution is 6.39. The molecule has 0 unspecified atom stereocenters. The summed E-state index contributed by atoms with van der Waals surface area (Å²) in [5, 5.41) is 8.96. The zero-order valence-corrected chi connectivity index (χ0v) is 20.4. The fraction of sp³-hybridized carbons (Fsp3) is 0.154. The lowest BCUT2D eigenvalue weighted by Gasteiger charge is -2.10. The van der Waals surface area contributed by atoms with Crippen LogP contribution in [0.4, 0.5) is 11.4 Å². The third-order valence-corrected chi connectivity index (χ3v) is 4.87. The Morgan fingerprint density at radius 2 is 1.41 bits per heavy atom. The fourth-order valence-electron chi connectivity index (χ4n) is 2.97. The van der Waals surface area contributed by atoms with E-state index in [0.29, 0.717) is 39.9 Å². The van der Waals surface area contributed by atoms with Crippen molar-refractivity contribution in [3.05, 3.63) is 72.3 Å². The molecule has 11 heteroatoms. The molecule has 11 nitrogen and oxygen atoms in total. The van der Waals surface area contributed by atoms with Gasteiger partial charge in [0.05, 0.1) is 33.2 Å². The molecule has 3 rings (SSSR count). The molecule has 3 aromatic carbocycles. The van der Waals surface area contributed by atoms with E-state index in [4.69, 9.17) is 18.9 Å². The molecule has 3 amide bonds. The summed E-state index contributed by atoms with van der Waals surface area (Å²) >= 11 is 0. The summed E-state index contributed by atoms with van der Waals surface area (Å²) < 4.78 is 20.8. The molecule has 0 fully saturated rings. The fourth-order valence-corrected chi connectivity index (χ4v) is 2.97. The summed E-state index contributed by atoms with van der Waals surface area (Å²) in [6, 6.07) is 18.3. The number of benzene rings is 3. The molecule has 3 N–H and O–H groups in total. The van der Waals surface area contributed by atoms with Gasteiger partial charge in [-0.05, 0) is 66.2 Å². The predicted molar refractivity (Wildman–Crippen MR) is 137 cm³/mol. The standard InChI is InChI=1S/C26H26N4O7/c1-34-19-10-6-18(7-11-19)28-24(31)16-37-20-8-4-17(5-9-20)15-27-30-26(33)25(32)29-22-13-12-21(35-2)14-23(22)36-3/h4-15H,16H2,1-3H3,(H,28,31)(H,29,32)(H,30,33)/b27-15-. The van der Waals surface area contributed by atoms with E-state index in [1.807, 2.05) is 0 Å². The van der Waals surface area contributed by atoms with Crippen LogP contribution in [-0.2, 0) is 14.4 Å². The van der Waals surface area contributed by atoms with Crippen LogP contribution >= 0.6 is 0 Å². The molecule has 0 saturated heterocycles. The molecule has 0 spiro atoms. The summed E-state index contributed by atoms with van der Waals surface area (Å²) in [5.74, 6) is -0.159. The molecule has 0 aromatic heterocycles. The molecule has 0 atom stereocenters. The van der Waals surface area contributed by atoms with E-state index in [1.54, 1.807) is 73.8 Å². The van der Waals surface area contributed by atoms with Gasteiger partial charge in [-0.2, -0.15) is 5.10 Å². The lowest BCUT2D eigenvalue weighted by Crippen LogP contribution is -2.32. The maximum Gasteiger partial charge on any atom is 0.329 e. The number of carbonyl (C=O) groups excluding carboxylic acids is 3. The van der Waals surface area contributed by atoms with E-state index in [1.165, 1.54) is 20.4 Å². The molecule has 0 aliphatic carbocycles. The number of anilines is 2. The second kappa shape index (κ2) is 13.1. The Labute approximate surface area is 213 Å². The average Bonchev–Trinajstić information content (AvgIpc) is 2.93. The Morgan fingerprint density at radius 3 is 2.05 bits per heavy atom. The van der Waals surface area contributed by atoms with E-state index in [2.05, 4.69) is 21.2 Å². The number of methoxy groups -OCH3 is 3. The van der Waals surface area contributed by atoms with Crippen molar-refractivity contribution in [3.63, 3.8) is 0 Å². The van der Waals surface area contributed by atoms with Crippen molar-refractivity contribution in [1.29, 1.82) is 0 Å². The Kier molecular flexibility index (Phi) is 9.43. The van der Waals surface area contributed by atoms with E-state index in [-0.39, 0.29) is 12.5 Å². The van der Waals surface area contributed by atoms with Gasteiger partial charge in [-0.1, -0.05) is 0 Å². The van der Waals surface area contributed by atoms with Gasteiger partial charge < -0.3 is 29.6 Å².